The second-order valence-corrected chi connectivity index (χ2v) is 7.84. The maximum absolute atomic E-state index is 12.7. The van der Waals surface area contributed by atoms with Crippen molar-refractivity contribution in [1.29, 1.82) is 0 Å². The van der Waals surface area contributed by atoms with E-state index in [2.05, 4.69) is 17.1 Å². The third-order valence-corrected chi connectivity index (χ3v) is 6.34. The highest BCUT2D eigenvalue weighted by molar-refractivity contribution is 7.14. The van der Waals surface area contributed by atoms with Crippen LogP contribution in [-0.2, 0) is 11.2 Å². The van der Waals surface area contributed by atoms with E-state index in [1.54, 1.807) is 11.3 Å². The molecule has 2 amide bonds. The van der Waals surface area contributed by atoms with Gasteiger partial charge in [0.2, 0.25) is 5.91 Å². The molecule has 0 bridgehead atoms. The summed E-state index contributed by atoms with van der Waals surface area (Å²) in [4.78, 5) is 28.3. The highest BCUT2D eigenvalue weighted by Gasteiger charge is 2.24. The number of para-hydroxylation sites is 2. The number of carbonyl (C=O) groups excluding carboxylic acids is 2. The van der Waals surface area contributed by atoms with Gasteiger partial charge in [-0.3, -0.25) is 9.59 Å². The Labute approximate surface area is 158 Å². The quantitative estimate of drug-likeness (QED) is 0.844. The summed E-state index contributed by atoms with van der Waals surface area (Å²) in [6.45, 7) is 5.67. The van der Waals surface area contributed by atoms with Gasteiger partial charge in [-0.1, -0.05) is 19.1 Å². The minimum Gasteiger partial charge on any atom is -0.370 e. The third kappa shape index (κ3) is 3.90. The minimum absolute atomic E-state index is 0.0467. The van der Waals surface area contributed by atoms with Crippen LogP contribution in [0, 0.1) is 12.8 Å². The number of aryl methyl sites for hydroxylation is 2. The van der Waals surface area contributed by atoms with Crippen molar-refractivity contribution in [2.45, 2.75) is 33.1 Å². The van der Waals surface area contributed by atoms with E-state index in [1.165, 1.54) is 10.4 Å². The van der Waals surface area contributed by atoms with Crippen LogP contribution in [0.25, 0.3) is 0 Å². The van der Waals surface area contributed by atoms with Gasteiger partial charge in [-0.05, 0) is 49.9 Å². The average Bonchev–Trinajstić information content (AvgIpc) is 3.03. The van der Waals surface area contributed by atoms with Gasteiger partial charge in [0.05, 0.1) is 16.3 Å². The van der Waals surface area contributed by atoms with Crippen molar-refractivity contribution in [2.75, 3.05) is 23.3 Å². The van der Waals surface area contributed by atoms with E-state index in [0.29, 0.717) is 0 Å². The van der Waals surface area contributed by atoms with Gasteiger partial charge in [0.25, 0.3) is 5.91 Å². The Hall–Kier alpha value is -2.34. The third-order valence-electron chi connectivity index (χ3n) is 4.96. The number of nitrogens with one attached hydrogen (secondary N) is 1. The summed E-state index contributed by atoms with van der Waals surface area (Å²) < 4.78 is 0. The number of nitrogens with zero attached hydrogens (tertiary/aromatic N) is 1. The first-order valence-corrected chi connectivity index (χ1v) is 9.85. The Bertz CT molecular complexity index is 807. The van der Waals surface area contributed by atoms with E-state index in [-0.39, 0.29) is 17.7 Å². The van der Waals surface area contributed by atoms with Crippen LogP contribution in [0.15, 0.2) is 30.3 Å². The van der Waals surface area contributed by atoms with E-state index in [0.717, 1.165) is 48.6 Å². The van der Waals surface area contributed by atoms with Crippen molar-refractivity contribution in [3.63, 3.8) is 0 Å². The molecule has 2 aromatic rings. The smallest absolute Gasteiger partial charge is 0.265 e. The molecular weight excluding hydrogens is 346 g/mol. The molecular formula is C20H25N3O2S. The first-order valence-electron chi connectivity index (χ1n) is 9.03. The molecule has 0 atom stereocenters. The molecule has 3 rings (SSSR count). The zero-order valence-electron chi connectivity index (χ0n) is 15.2. The number of piperidine rings is 1. The van der Waals surface area contributed by atoms with Crippen molar-refractivity contribution in [2.24, 2.45) is 11.7 Å². The number of thiophene rings is 1. The van der Waals surface area contributed by atoms with Crippen LogP contribution >= 0.6 is 11.3 Å². The number of hydrogen-bond acceptors (Lipinski definition) is 4. The van der Waals surface area contributed by atoms with Crippen LogP contribution in [0.3, 0.4) is 0 Å². The van der Waals surface area contributed by atoms with Crippen molar-refractivity contribution in [3.8, 4) is 0 Å². The zero-order valence-corrected chi connectivity index (χ0v) is 16.1. The molecule has 1 aromatic carbocycles. The van der Waals surface area contributed by atoms with Gasteiger partial charge in [0, 0.05) is 23.9 Å². The summed E-state index contributed by atoms with van der Waals surface area (Å²) in [5, 5.41) is 3.06. The van der Waals surface area contributed by atoms with Gasteiger partial charge in [0.15, 0.2) is 0 Å². The van der Waals surface area contributed by atoms with Crippen molar-refractivity contribution in [1.82, 2.24) is 0 Å². The molecule has 1 fully saturated rings. The Morgan fingerprint density at radius 3 is 2.58 bits per heavy atom. The number of nitrogens with two attached hydrogens (primary N) is 1. The fourth-order valence-corrected chi connectivity index (χ4v) is 4.44. The van der Waals surface area contributed by atoms with Gasteiger partial charge in [-0.2, -0.15) is 0 Å². The molecule has 1 aliphatic rings. The topological polar surface area (TPSA) is 75.4 Å². The fourth-order valence-electron chi connectivity index (χ4n) is 3.43. The lowest BCUT2D eigenvalue weighted by Crippen LogP contribution is -2.38. The van der Waals surface area contributed by atoms with Crippen LogP contribution in [0.4, 0.5) is 11.4 Å². The van der Waals surface area contributed by atoms with E-state index in [9.17, 15) is 9.59 Å². The van der Waals surface area contributed by atoms with Gasteiger partial charge < -0.3 is 16.0 Å². The molecule has 0 radical (unpaired) electrons. The molecule has 5 nitrogen and oxygen atoms in total. The largest absolute Gasteiger partial charge is 0.370 e. The summed E-state index contributed by atoms with van der Waals surface area (Å²) in [6, 6.07) is 9.79. The molecule has 0 saturated carbocycles. The summed E-state index contributed by atoms with van der Waals surface area (Å²) in [5.41, 5.74) is 8.39. The van der Waals surface area contributed by atoms with Crippen LogP contribution < -0.4 is 16.0 Å². The molecule has 6 heteroatoms. The van der Waals surface area contributed by atoms with Crippen LogP contribution in [0.2, 0.25) is 0 Å². The number of amides is 2. The van der Waals surface area contributed by atoms with Crippen LogP contribution in [-0.4, -0.2) is 24.9 Å². The molecule has 1 aliphatic heterocycles. The maximum Gasteiger partial charge on any atom is 0.265 e. The monoisotopic (exact) mass is 371 g/mol. The van der Waals surface area contributed by atoms with E-state index < -0.39 is 0 Å². The molecule has 0 unspecified atom stereocenters. The summed E-state index contributed by atoms with van der Waals surface area (Å²) >= 11 is 1.55. The standard InChI is InChI=1S/C20H25N3O2S/c1-3-17-13(2)12-18(26-17)20(25)22-15-6-4-5-7-16(15)23-10-8-14(9-11-23)19(21)24/h4-7,12,14H,3,8-11H2,1-2H3,(H2,21,24)(H,22,25). The molecule has 1 saturated heterocycles. The average molecular weight is 372 g/mol. The molecule has 26 heavy (non-hydrogen) atoms. The molecule has 0 spiro atoms. The Balaban J connectivity index is 1.75. The summed E-state index contributed by atoms with van der Waals surface area (Å²) in [6.07, 6.45) is 2.44. The minimum atomic E-state index is -0.217. The molecule has 3 N–H and O–H groups in total. The number of hydrogen-bond donors (Lipinski definition) is 2. The lowest BCUT2D eigenvalue weighted by Gasteiger charge is -2.33. The SMILES string of the molecule is CCc1sc(C(=O)Nc2ccccc2N2CCC(C(N)=O)CC2)cc1C. The number of primary amides is 1. The highest BCUT2D eigenvalue weighted by Crippen LogP contribution is 2.31. The molecule has 138 valence electrons. The lowest BCUT2D eigenvalue weighted by molar-refractivity contribution is -0.122. The summed E-state index contributed by atoms with van der Waals surface area (Å²) in [7, 11) is 0. The maximum atomic E-state index is 12.7. The Morgan fingerprint density at radius 2 is 1.96 bits per heavy atom. The van der Waals surface area contributed by atoms with Crippen molar-refractivity contribution < 1.29 is 9.59 Å². The summed E-state index contributed by atoms with van der Waals surface area (Å²) in [5.74, 6) is -0.335. The fraction of sp³-hybridized carbons (Fsp3) is 0.400. The second-order valence-electron chi connectivity index (χ2n) is 6.71. The van der Waals surface area contributed by atoms with Crippen molar-refractivity contribution >= 4 is 34.5 Å². The first kappa shape index (κ1) is 18.5. The van der Waals surface area contributed by atoms with Crippen LogP contribution in [0.1, 0.15) is 39.9 Å². The Kier molecular flexibility index (Phi) is 5.61. The van der Waals surface area contributed by atoms with Gasteiger partial charge in [-0.15, -0.1) is 11.3 Å². The number of benzene rings is 1. The predicted molar refractivity (Wildman–Crippen MR) is 107 cm³/mol. The molecule has 1 aromatic heterocycles. The van der Waals surface area contributed by atoms with Gasteiger partial charge >= 0.3 is 0 Å². The molecule has 0 aliphatic carbocycles. The van der Waals surface area contributed by atoms with Gasteiger partial charge in [-0.25, -0.2) is 0 Å². The van der Waals surface area contributed by atoms with Crippen LogP contribution in [0.5, 0.6) is 0 Å². The molecule has 2 heterocycles. The number of anilines is 2. The van der Waals surface area contributed by atoms with Gasteiger partial charge in [0.1, 0.15) is 0 Å². The van der Waals surface area contributed by atoms with E-state index >= 15 is 0 Å². The van der Waals surface area contributed by atoms with E-state index in [1.807, 2.05) is 37.3 Å². The highest BCUT2D eigenvalue weighted by atomic mass is 32.1. The lowest BCUT2D eigenvalue weighted by atomic mass is 9.96. The first-order chi connectivity index (χ1) is 12.5. The zero-order chi connectivity index (χ0) is 18.7. The predicted octanol–water partition coefficient (Wildman–Crippen LogP) is 3.57. The van der Waals surface area contributed by atoms with Crippen molar-refractivity contribution in [3.05, 3.63) is 45.6 Å². The Morgan fingerprint density at radius 1 is 1.27 bits per heavy atom. The second kappa shape index (κ2) is 7.91. The number of carbonyl (C=O) groups is 2. The number of rotatable bonds is 5. The normalized spacial score (nSPS) is 15.1. The van der Waals surface area contributed by atoms with E-state index in [4.69, 9.17) is 5.73 Å².